The molecule has 1 aromatic rings. The van der Waals surface area contributed by atoms with E-state index in [1.165, 1.54) is 0 Å². The van der Waals surface area contributed by atoms with Gasteiger partial charge in [-0.3, -0.25) is 14.3 Å². The van der Waals surface area contributed by atoms with E-state index in [1.54, 1.807) is 25.7 Å². The van der Waals surface area contributed by atoms with Gasteiger partial charge in [0.05, 0.1) is 6.10 Å². The number of rotatable bonds is 10. The number of carbonyl (C=O) groups is 1. The first-order valence-corrected chi connectivity index (χ1v) is 11.7. The quantitative estimate of drug-likeness (QED) is 0.433. The molecule has 0 amide bonds. The molecule has 1 N–H and O–H groups in total. The number of esters is 1. The Labute approximate surface area is 170 Å². The van der Waals surface area contributed by atoms with Gasteiger partial charge in [-0.25, -0.2) is 5.09 Å². The van der Waals surface area contributed by atoms with E-state index in [0.717, 1.165) is 11.1 Å². The van der Waals surface area contributed by atoms with Crippen molar-refractivity contribution in [1.29, 1.82) is 0 Å². The van der Waals surface area contributed by atoms with Gasteiger partial charge in [0, 0.05) is 0 Å². The van der Waals surface area contributed by atoms with Gasteiger partial charge < -0.3 is 9.26 Å². The molecular weight excluding hydrogens is 375 g/mol. The molecule has 160 valence electrons. The number of para-hydroxylation sites is 1. The van der Waals surface area contributed by atoms with Gasteiger partial charge in [-0.05, 0) is 57.8 Å². The van der Waals surface area contributed by atoms with Gasteiger partial charge in [-0.1, -0.05) is 45.9 Å². The summed E-state index contributed by atoms with van der Waals surface area (Å²) in [6, 6.07) is 5.26. The first-order chi connectivity index (χ1) is 12.9. The molecule has 0 aromatic heterocycles. The highest BCUT2D eigenvalue weighted by Gasteiger charge is 2.33. The van der Waals surface area contributed by atoms with Crippen LogP contribution in [0.4, 0.5) is 0 Å². The monoisotopic (exact) mass is 412 g/mol. The summed E-state index contributed by atoms with van der Waals surface area (Å²) in [5, 5.41) is 2.93. The Bertz CT molecular complexity index is 675. The molecule has 6 nitrogen and oxygen atoms in total. The van der Waals surface area contributed by atoms with Crippen LogP contribution in [0.1, 0.15) is 71.4 Å². The second-order valence-electron chi connectivity index (χ2n) is 8.40. The molecule has 0 saturated heterocycles. The molecule has 0 aliphatic heterocycles. The van der Waals surface area contributed by atoms with Gasteiger partial charge in [0.2, 0.25) is 0 Å². The van der Waals surface area contributed by atoms with E-state index in [-0.39, 0.29) is 24.2 Å². The lowest BCUT2D eigenvalue weighted by molar-refractivity contribution is -0.149. The molecule has 0 spiro atoms. The standard InChI is InChI=1S/C21H37N2O4P/c1-14(2)18-11-10-12-19(15(3)4)20(18)27-28(25,13-23(8)9)22-17(7)21(24)26-16(5)6/h10-12,14-17H,13H2,1-9H3,(H,22,25)/t17-,28?/m0/s1. The Balaban J connectivity index is 3.29. The third-order valence-corrected chi connectivity index (χ3v) is 6.32. The summed E-state index contributed by atoms with van der Waals surface area (Å²) in [5.74, 6) is 0.628. The molecule has 0 radical (unpaired) electrons. The molecule has 0 fully saturated rings. The summed E-state index contributed by atoms with van der Waals surface area (Å²) in [5.41, 5.74) is 2.01. The number of carbonyl (C=O) groups excluding carboxylic acids is 1. The van der Waals surface area contributed by atoms with Crippen molar-refractivity contribution in [2.45, 2.75) is 72.4 Å². The lowest BCUT2D eigenvalue weighted by Gasteiger charge is -2.29. The second-order valence-corrected chi connectivity index (χ2v) is 10.5. The number of nitrogens with zero attached hydrogens (tertiary/aromatic N) is 1. The van der Waals surface area contributed by atoms with Gasteiger partial charge in [-0.2, -0.15) is 0 Å². The van der Waals surface area contributed by atoms with Crippen LogP contribution in [0.15, 0.2) is 18.2 Å². The van der Waals surface area contributed by atoms with E-state index >= 15 is 0 Å². The second kappa shape index (κ2) is 10.4. The summed E-state index contributed by atoms with van der Waals surface area (Å²) in [6.45, 7) is 13.5. The first kappa shape index (κ1) is 24.7. The number of ether oxygens (including phenoxy) is 1. The zero-order valence-electron chi connectivity index (χ0n) is 18.8. The number of nitrogens with one attached hydrogen (secondary N) is 1. The van der Waals surface area contributed by atoms with Crippen LogP contribution in [0.2, 0.25) is 0 Å². The molecule has 0 heterocycles. The summed E-state index contributed by atoms with van der Waals surface area (Å²) in [4.78, 5) is 14.0. The van der Waals surface area contributed by atoms with Crippen LogP contribution >= 0.6 is 7.52 Å². The fourth-order valence-corrected chi connectivity index (χ4v) is 5.02. The lowest BCUT2D eigenvalue weighted by atomic mass is 9.94. The Morgan fingerprint density at radius 2 is 1.54 bits per heavy atom. The van der Waals surface area contributed by atoms with Crippen molar-refractivity contribution in [3.63, 3.8) is 0 Å². The van der Waals surface area contributed by atoms with Crippen LogP contribution in [-0.4, -0.2) is 43.4 Å². The molecular formula is C21H37N2O4P. The molecule has 1 rings (SSSR count). The summed E-state index contributed by atoms with van der Waals surface area (Å²) >= 11 is 0. The smallest absolute Gasteiger partial charge is 0.331 e. The van der Waals surface area contributed by atoms with Gasteiger partial charge in [0.15, 0.2) is 0 Å². The largest absolute Gasteiger partial charge is 0.462 e. The number of hydrogen-bond donors (Lipinski definition) is 1. The highest BCUT2D eigenvalue weighted by Crippen LogP contribution is 2.48. The normalized spacial score (nSPS) is 15.2. The van der Waals surface area contributed by atoms with Crippen LogP contribution in [-0.2, 0) is 14.1 Å². The van der Waals surface area contributed by atoms with E-state index in [1.807, 2.05) is 32.3 Å². The molecule has 7 heteroatoms. The van der Waals surface area contributed by atoms with E-state index < -0.39 is 19.5 Å². The average Bonchev–Trinajstić information content (AvgIpc) is 2.52. The van der Waals surface area contributed by atoms with Crippen molar-refractivity contribution in [1.82, 2.24) is 9.99 Å². The number of hydrogen-bond acceptors (Lipinski definition) is 5. The van der Waals surface area contributed by atoms with Gasteiger partial charge in [-0.15, -0.1) is 0 Å². The zero-order valence-corrected chi connectivity index (χ0v) is 19.7. The van der Waals surface area contributed by atoms with Gasteiger partial charge in [0.1, 0.15) is 18.1 Å². The maximum absolute atomic E-state index is 13.8. The average molecular weight is 413 g/mol. The Morgan fingerprint density at radius 3 is 1.93 bits per heavy atom. The SMILES string of the molecule is CC(C)OC(=O)[C@H](C)NP(=O)(CN(C)C)Oc1c(C(C)C)cccc1C(C)C. The predicted octanol–water partition coefficient (Wildman–Crippen LogP) is 4.95. The Hall–Kier alpha value is -1.36. The molecule has 1 unspecified atom stereocenters. The van der Waals surface area contributed by atoms with Crippen molar-refractivity contribution in [3.05, 3.63) is 29.3 Å². The molecule has 0 aliphatic rings. The van der Waals surface area contributed by atoms with Gasteiger partial charge >= 0.3 is 13.5 Å². The van der Waals surface area contributed by atoms with Crippen LogP contribution in [0, 0.1) is 0 Å². The molecule has 0 saturated carbocycles. The maximum atomic E-state index is 13.8. The molecule has 28 heavy (non-hydrogen) atoms. The van der Waals surface area contributed by atoms with Crippen LogP contribution in [0.3, 0.4) is 0 Å². The fourth-order valence-electron chi connectivity index (χ4n) is 2.89. The van der Waals surface area contributed by atoms with Crippen molar-refractivity contribution < 1.29 is 18.6 Å². The maximum Gasteiger partial charge on any atom is 0.331 e. The van der Waals surface area contributed by atoms with Crippen molar-refractivity contribution in [2.75, 3.05) is 20.4 Å². The fraction of sp³-hybridized carbons (Fsp3) is 0.667. The third-order valence-electron chi connectivity index (χ3n) is 4.12. The zero-order chi connectivity index (χ0) is 21.6. The molecule has 2 atom stereocenters. The van der Waals surface area contributed by atoms with E-state index in [2.05, 4.69) is 32.8 Å². The minimum Gasteiger partial charge on any atom is -0.462 e. The topological polar surface area (TPSA) is 67.9 Å². The first-order valence-electron chi connectivity index (χ1n) is 9.90. The van der Waals surface area contributed by atoms with Gasteiger partial charge in [0.25, 0.3) is 0 Å². The Morgan fingerprint density at radius 1 is 1.04 bits per heavy atom. The van der Waals surface area contributed by atoms with Crippen LogP contribution in [0.5, 0.6) is 5.75 Å². The van der Waals surface area contributed by atoms with E-state index in [4.69, 9.17) is 9.26 Å². The van der Waals surface area contributed by atoms with Crippen LogP contribution < -0.4 is 9.61 Å². The minimum absolute atomic E-state index is 0.163. The summed E-state index contributed by atoms with van der Waals surface area (Å²) in [6.07, 6.45) is -0.0730. The van der Waals surface area contributed by atoms with E-state index in [9.17, 15) is 9.36 Å². The van der Waals surface area contributed by atoms with Crippen LogP contribution in [0.25, 0.3) is 0 Å². The lowest BCUT2D eigenvalue weighted by Crippen LogP contribution is -2.38. The summed E-state index contributed by atoms with van der Waals surface area (Å²) < 4.78 is 25.2. The highest BCUT2D eigenvalue weighted by molar-refractivity contribution is 7.57. The minimum atomic E-state index is -3.41. The predicted molar refractivity (Wildman–Crippen MR) is 115 cm³/mol. The van der Waals surface area contributed by atoms with Crippen molar-refractivity contribution in [3.8, 4) is 5.75 Å². The third kappa shape index (κ3) is 7.23. The van der Waals surface area contributed by atoms with Crippen molar-refractivity contribution >= 4 is 13.5 Å². The number of benzene rings is 1. The molecule has 0 bridgehead atoms. The highest BCUT2D eigenvalue weighted by atomic mass is 31.2. The van der Waals surface area contributed by atoms with E-state index in [0.29, 0.717) is 5.75 Å². The molecule has 1 aromatic carbocycles. The van der Waals surface area contributed by atoms with Crippen molar-refractivity contribution in [2.24, 2.45) is 0 Å². The Kier molecular flexibility index (Phi) is 9.19. The summed E-state index contributed by atoms with van der Waals surface area (Å²) in [7, 11) is 0.243. The molecule has 0 aliphatic carbocycles.